The van der Waals surface area contributed by atoms with Crippen molar-refractivity contribution >= 4 is 0 Å². The standard InChI is InChI=1S/C14H22O4/c1-6-14(2,18-5)13(15)12-10(16-3)8-7-9-11(12)17-4/h7-9,13,15H,6H2,1-5H3. The highest BCUT2D eigenvalue weighted by Crippen LogP contribution is 2.41. The molecule has 1 rings (SSSR count). The lowest BCUT2D eigenvalue weighted by Crippen LogP contribution is -2.34. The van der Waals surface area contributed by atoms with Crippen LogP contribution in [0.2, 0.25) is 0 Å². The van der Waals surface area contributed by atoms with Crippen molar-refractivity contribution in [1.82, 2.24) is 0 Å². The largest absolute Gasteiger partial charge is 0.496 e. The molecule has 0 heterocycles. The molecule has 2 atom stereocenters. The van der Waals surface area contributed by atoms with Gasteiger partial charge in [-0.2, -0.15) is 0 Å². The molecule has 0 aliphatic heterocycles. The molecular formula is C14H22O4. The van der Waals surface area contributed by atoms with Crippen LogP contribution in [0.4, 0.5) is 0 Å². The fourth-order valence-corrected chi connectivity index (χ4v) is 1.90. The summed E-state index contributed by atoms with van der Waals surface area (Å²) in [5, 5.41) is 10.6. The number of hydrogen-bond donors (Lipinski definition) is 1. The lowest BCUT2D eigenvalue weighted by Gasteiger charge is -2.33. The van der Waals surface area contributed by atoms with Crippen molar-refractivity contribution in [2.45, 2.75) is 32.0 Å². The van der Waals surface area contributed by atoms with Crippen LogP contribution in [0.25, 0.3) is 0 Å². The Morgan fingerprint density at radius 1 is 1.17 bits per heavy atom. The van der Waals surface area contributed by atoms with Crippen LogP contribution in [-0.4, -0.2) is 32.0 Å². The highest BCUT2D eigenvalue weighted by atomic mass is 16.5. The molecule has 0 spiro atoms. The number of benzene rings is 1. The Bertz CT molecular complexity index is 363. The Labute approximate surface area is 108 Å². The van der Waals surface area contributed by atoms with Gasteiger partial charge in [-0.15, -0.1) is 0 Å². The second kappa shape index (κ2) is 6.07. The molecule has 0 amide bonds. The summed E-state index contributed by atoms with van der Waals surface area (Å²) in [5.41, 5.74) is -0.0595. The first-order valence-corrected chi connectivity index (χ1v) is 5.98. The van der Waals surface area contributed by atoms with E-state index in [1.54, 1.807) is 33.5 Å². The number of rotatable bonds is 6. The third-order valence-corrected chi connectivity index (χ3v) is 3.49. The minimum Gasteiger partial charge on any atom is -0.496 e. The van der Waals surface area contributed by atoms with Gasteiger partial charge < -0.3 is 19.3 Å². The maximum Gasteiger partial charge on any atom is 0.128 e. The van der Waals surface area contributed by atoms with Crippen molar-refractivity contribution < 1.29 is 19.3 Å². The molecule has 0 radical (unpaired) electrons. The summed E-state index contributed by atoms with van der Waals surface area (Å²) in [6.07, 6.45) is -0.148. The van der Waals surface area contributed by atoms with Crippen molar-refractivity contribution in [2.75, 3.05) is 21.3 Å². The van der Waals surface area contributed by atoms with Gasteiger partial charge in [0.25, 0.3) is 0 Å². The SMILES string of the molecule is CCC(C)(OC)C(O)c1c(OC)cccc1OC. The molecule has 1 N–H and O–H groups in total. The first kappa shape index (κ1) is 14.8. The number of methoxy groups -OCH3 is 3. The van der Waals surface area contributed by atoms with Crippen LogP contribution in [0.1, 0.15) is 31.9 Å². The summed E-state index contributed by atoms with van der Waals surface area (Å²) >= 11 is 0. The van der Waals surface area contributed by atoms with E-state index in [0.717, 1.165) is 0 Å². The van der Waals surface area contributed by atoms with Gasteiger partial charge in [0.1, 0.15) is 17.6 Å². The molecule has 18 heavy (non-hydrogen) atoms. The fourth-order valence-electron chi connectivity index (χ4n) is 1.90. The van der Waals surface area contributed by atoms with Crippen LogP contribution < -0.4 is 9.47 Å². The predicted octanol–water partition coefficient (Wildman–Crippen LogP) is 2.55. The molecule has 4 nitrogen and oxygen atoms in total. The molecule has 0 fully saturated rings. The maximum atomic E-state index is 10.6. The van der Waals surface area contributed by atoms with E-state index in [-0.39, 0.29) is 0 Å². The molecule has 2 unspecified atom stereocenters. The average Bonchev–Trinajstić information content (AvgIpc) is 2.44. The molecular weight excluding hydrogens is 232 g/mol. The van der Waals surface area contributed by atoms with Gasteiger partial charge in [0.05, 0.1) is 25.4 Å². The number of aliphatic hydroxyl groups excluding tert-OH is 1. The number of aliphatic hydroxyl groups is 1. The van der Waals surface area contributed by atoms with Gasteiger partial charge in [0, 0.05) is 7.11 Å². The van der Waals surface area contributed by atoms with Gasteiger partial charge in [-0.3, -0.25) is 0 Å². The lowest BCUT2D eigenvalue weighted by atomic mass is 9.89. The van der Waals surface area contributed by atoms with Gasteiger partial charge in [-0.25, -0.2) is 0 Å². The normalized spacial score (nSPS) is 15.9. The minimum atomic E-state index is -0.821. The Hall–Kier alpha value is -1.26. The zero-order valence-corrected chi connectivity index (χ0v) is 11.7. The van der Waals surface area contributed by atoms with E-state index in [2.05, 4.69) is 0 Å². The zero-order chi connectivity index (χ0) is 13.8. The van der Waals surface area contributed by atoms with E-state index < -0.39 is 11.7 Å². The molecule has 4 heteroatoms. The van der Waals surface area contributed by atoms with E-state index >= 15 is 0 Å². The van der Waals surface area contributed by atoms with Crippen molar-refractivity contribution in [3.8, 4) is 11.5 Å². The molecule has 0 saturated carbocycles. The summed E-state index contributed by atoms with van der Waals surface area (Å²) < 4.78 is 16.0. The second-order valence-corrected chi connectivity index (χ2v) is 4.35. The molecule has 102 valence electrons. The first-order chi connectivity index (χ1) is 8.53. The summed E-state index contributed by atoms with van der Waals surface area (Å²) in [6, 6.07) is 5.42. The summed E-state index contributed by atoms with van der Waals surface area (Å²) in [5.74, 6) is 1.19. The van der Waals surface area contributed by atoms with Crippen LogP contribution in [0.3, 0.4) is 0 Å². The topological polar surface area (TPSA) is 47.9 Å². The van der Waals surface area contributed by atoms with Crippen LogP contribution >= 0.6 is 0 Å². The third-order valence-electron chi connectivity index (χ3n) is 3.49. The molecule has 0 bridgehead atoms. The Kier molecular flexibility index (Phi) is 4.99. The van der Waals surface area contributed by atoms with Crippen LogP contribution in [0.15, 0.2) is 18.2 Å². The van der Waals surface area contributed by atoms with E-state index in [1.165, 1.54) is 0 Å². The molecule has 0 aliphatic carbocycles. The molecule has 0 saturated heterocycles. The highest BCUT2D eigenvalue weighted by Gasteiger charge is 2.36. The van der Waals surface area contributed by atoms with E-state index in [1.807, 2.05) is 19.9 Å². The predicted molar refractivity (Wildman–Crippen MR) is 70.2 cm³/mol. The Morgan fingerprint density at radius 2 is 1.67 bits per heavy atom. The molecule has 0 aromatic heterocycles. The van der Waals surface area contributed by atoms with Crippen LogP contribution in [0.5, 0.6) is 11.5 Å². The zero-order valence-electron chi connectivity index (χ0n) is 11.7. The van der Waals surface area contributed by atoms with Gasteiger partial charge in [-0.05, 0) is 25.5 Å². The smallest absolute Gasteiger partial charge is 0.128 e. The second-order valence-electron chi connectivity index (χ2n) is 4.35. The molecule has 0 aliphatic rings. The minimum absolute atomic E-state index is 0.596. The van der Waals surface area contributed by atoms with Crippen LogP contribution in [-0.2, 0) is 4.74 Å². The monoisotopic (exact) mass is 254 g/mol. The summed E-state index contributed by atoms with van der Waals surface area (Å²) in [7, 11) is 4.73. The van der Waals surface area contributed by atoms with Crippen molar-refractivity contribution in [3.63, 3.8) is 0 Å². The lowest BCUT2D eigenvalue weighted by molar-refractivity contribution is -0.0956. The summed E-state index contributed by atoms with van der Waals surface area (Å²) in [4.78, 5) is 0. The van der Waals surface area contributed by atoms with Gasteiger partial charge in [-0.1, -0.05) is 13.0 Å². The van der Waals surface area contributed by atoms with E-state index in [4.69, 9.17) is 14.2 Å². The summed E-state index contributed by atoms with van der Waals surface area (Å²) in [6.45, 7) is 3.83. The highest BCUT2D eigenvalue weighted by molar-refractivity contribution is 5.47. The quantitative estimate of drug-likeness (QED) is 0.847. The van der Waals surface area contributed by atoms with Gasteiger partial charge in [0.2, 0.25) is 0 Å². The van der Waals surface area contributed by atoms with Crippen LogP contribution in [0, 0.1) is 0 Å². The van der Waals surface area contributed by atoms with E-state index in [9.17, 15) is 5.11 Å². The van der Waals surface area contributed by atoms with Crippen molar-refractivity contribution in [3.05, 3.63) is 23.8 Å². The van der Waals surface area contributed by atoms with Gasteiger partial charge >= 0.3 is 0 Å². The third kappa shape index (κ3) is 2.60. The maximum absolute atomic E-state index is 10.6. The number of hydrogen-bond acceptors (Lipinski definition) is 4. The Balaban J connectivity index is 3.30. The van der Waals surface area contributed by atoms with E-state index in [0.29, 0.717) is 23.5 Å². The Morgan fingerprint density at radius 3 is 2.00 bits per heavy atom. The molecule has 1 aromatic carbocycles. The number of ether oxygens (including phenoxy) is 3. The fraction of sp³-hybridized carbons (Fsp3) is 0.571. The molecule has 1 aromatic rings. The first-order valence-electron chi connectivity index (χ1n) is 5.98. The van der Waals surface area contributed by atoms with Gasteiger partial charge in [0.15, 0.2) is 0 Å². The average molecular weight is 254 g/mol. The van der Waals surface area contributed by atoms with Crippen molar-refractivity contribution in [2.24, 2.45) is 0 Å². The van der Waals surface area contributed by atoms with Crippen molar-refractivity contribution in [1.29, 1.82) is 0 Å².